The van der Waals surface area contributed by atoms with Crippen molar-refractivity contribution in [3.63, 3.8) is 0 Å². The first-order valence-electron chi connectivity index (χ1n) is 5.49. The third kappa shape index (κ3) is 2.54. The number of thiazole rings is 1. The summed E-state index contributed by atoms with van der Waals surface area (Å²) in [5, 5.41) is 13.6. The summed E-state index contributed by atoms with van der Waals surface area (Å²) < 4.78 is 0.833. The summed E-state index contributed by atoms with van der Waals surface area (Å²) in [7, 11) is 0. The molecule has 94 valence electrons. The third-order valence-corrected chi connectivity index (χ3v) is 4.35. The quantitative estimate of drug-likeness (QED) is 0.529. The molecule has 2 heterocycles. The van der Waals surface area contributed by atoms with Gasteiger partial charge < -0.3 is 0 Å². The first-order valence-corrected chi connectivity index (χ1v) is 7.18. The van der Waals surface area contributed by atoms with Gasteiger partial charge in [-0.05, 0) is 29.7 Å². The van der Waals surface area contributed by atoms with Crippen molar-refractivity contribution >= 4 is 50.7 Å². The fourth-order valence-corrected chi connectivity index (χ4v) is 3.18. The number of non-ortho nitro benzene ring substituents is 1. The van der Waals surface area contributed by atoms with Crippen LogP contribution >= 0.6 is 22.7 Å². The van der Waals surface area contributed by atoms with Crippen molar-refractivity contribution in [2.75, 3.05) is 0 Å². The highest BCUT2D eigenvalue weighted by Gasteiger charge is 2.08. The van der Waals surface area contributed by atoms with E-state index in [-0.39, 0.29) is 10.6 Å². The van der Waals surface area contributed by atoms with Gasteiger partial charge in [0.15, 0.2) is 0 Å². The lowest BCUT2D eigenvalue weighted by Gasteiger charge is -1.88. The van der Waals surface area contributed by atoms with E-state index in [1.54, 1.807) is 23.5 Å². The van der Waals surface area contributed by atoms with Crippen molar-refractivity contribution in [3.05, 3.63) is 55.7 Å². The van der Waals surface area contributed by atoms with Gasteiger partial charge in [0.05, 0.1) is 15.1 Å². The lowest BCUT2D eigenvalue weighted by molar-refractivity contribution is -0.384. The van der Waals surface area contributed by atoms with Crippen molar-refractivity contribution in [3.8, 4) is 0 Å². The van der Waals surface area contributed by atoms with Gasteiger partial charge in [0.25, 0.3) is 5.69 Å². The number of benzene rings is 1. The van der Waals surface area contributed by atoms with Crippen LogP contribution in [0.1, 0.15) is 9.88 Å². The van der Waals surface area contributed by atoms with Crippen molar-refractivity contribution < 1.29 is 4.92 Å². The minimum atomic E-state index is -0.389. The zero-order valence-corrected chi connectivity index (χ0v) is 11.3. The van der Waals surface area contributed by atoms with Crippen LogP contribution in [0.5, 0.6) is 0 Å². The number of nitro groups is 1. The summed E-state index contributed by atoms with van der Waals surface area (Å²) in [6, 6.07) is 8.75. The monoisotopic (exact) mass is 288 g/mol. The molecule has 0 atom stereocenters. The molecule has 0 aliphatic rings. The van der Waals surface area contributed by atoms with E-state index in [9.17, 15) is 10.1 Å². The minimum Gasteiger partial charge on any atom is -0.258 e. The van der Waals surface area contributed by atoms with Crippen molar-refractivity contribution in [2.24, 2.45) is 0 Å². The molecule has 0 saturated carbocycles. The topological polar surface area (TPSA) is 56.0 Å². The summed E-state index contributed by atoms with van der Waals surface area (Å²) >= 11 is 3.11. The van der Waals surface area contributed by atoms with E-state index in [1.165, 1.54) is 17.4 Å². The standard InChI is InChI=1S/C13H8N2O2S2/c16-15(17)9-3-5-11-12(8-9)19-13(14-11)6-4-10-2-1-7-18-10/h1-8H/b6-4+. The molecule has 0 N–H and O–H groups in total. The van der Waals surface area contributed by atoms with Crippen LogP contribution < -0.4 is 0 Å². The van der Waals surface area contributed by atoms with Gasteiger partial charge in [-0.15, -0.1) is 22.7 Å². The lowest BCUT2D eigenvalue weighted by Crippen LogP contribution is -1.85. The first kappa shape index (κ1) is 12.0. The molecule has 0 radical (unpaired) electrons. The average molecular weight is 288 g/mol. The predicted octanol–water partition coefficient (Wildman–Crippen LogP) is 4.44. The molecule has 1 aromatic carbocycles. The van der Waals surface area contributed by atoms with Gasteiger partial charge >= 0.3 is 0 Å². The summed E-state index contributed by atoms with van der Waals surface area (Å²) in [6.45, 7) is 0. The molecule has 0 fully saturated rings. The summed E-state index contributed by atoms with van der Waals surface area (Å²) in [5.41, 5.74) is 0.895. The Balaban J connectivity index is 1.95. The van der Waals surface area contributed by atoms with E-state index in [0.717, 1.165) is 20.1 Å². The van der Waals surface area contributed by atoms with Gasteiger partial charge in [0.2, 0.25) is 0 Å². The van der Waals surface area contributed by atoms with E-state index in [1.807, 2.05) is 29.7 Å². The molecular formula is C13H8N2O2S2. The molecule has 0 spiro atoms. The van der Waals surface area contributed by atoms with Gasteiger partial charge in [-0.2, -0.15) is 0 Å². The second kappa shape index (κ2) is 4.91. The lowest BCUT2D eigenvalue weighted by atomic mass is 10.3. The van der Waals surface area contributed by atoms with Gasteiger partial charge in [-0.1, -0.05) is 6.07 Å². The molecule has 3 aromatic rings. The molecule has 19 heavy (non-hydrogen) atoms. The predicted molar refractivity (Wildman–Crippen MR) is 79.5 cm³/mol. The second-order valence-corrected chi connectivity index (χ2v) is 5.85. The van der Waals surface area contributed by atoms with E-state index in [0.29, 0.717) is 0 Å². The van der Waals surface area contributed by atoms with Crippen LogP contribution in [-0.2, 0) is 0 Å². The summed E-state index contributed by atoms with van der Waals surface area (Å²) in [4.78, 5) is 15.9. The number of hydrogen-bond donors (Lipinski definition) is 0. The Kier molecular flexibility index (Phi) is 3.10. The molecule has 0 aliphatic heterocycles. The Labute approximate surface area is 116 Å². The number of aromatic nitrogens is 1. The van der Waals surface area contributed by atoms with E-state index in [2.05, 4.69) is 4.98 Å². The average Bonchev–Trinajstić information content (AvgIpc) is 3.04. The number of nitrogens with zero attached hydrogens (tertiary/aromatic N) is 2. The van der Waals surface area contributed by atoms with Crippen LogP contribution in [0.2, 0.25) is 0 Å². The molecule has 2 aromatic heterocycles. The number of fused-ring (bicyclic) bond motifs is 1. The molecule has 0 aliphatic carbocycles. The molecule has 0 unspecified atom stereocenters. The van der Waals surface area contributed by atoms with E-state index < -0.39 is 0 Å². The second-order valence-electron chi connectivity index (χ2n) is 3.81. The van der Waals surface area contributed by atoms with Crippen molar-refractivity contribution in [1.29, 1.82) is 0 Å². The molecule has 0 saturated heterocycles. The number of nitro benzene ring substituents is 1. The maximum Gasteiger partial charge on any atom is 0.270 e. The van der Waals surface area contributed by atoms with Gasteiger partial charge in [0, 0.05) is 17.0 Å². The van der Waals surface area contributed by atoms with Gasteiger partial charge in [-0.25, -0.2) is 4.98 Å². The maximum absolute atomic E-state index is 10.7. The van der Waals surface area contributed by atoms with Gasteiger partial charge in [-0.3, -0.25) is 10.1 Å². The van der Waals surface area contributed by atoms with Crippen LogP contribution in [-0.4, -0.2) is 9.91 Å². The zero-order valence-electron chi connectivity index (χ0n) is 9.65. The van der Waals surface area contributed by atoms with Crippen LogP contribution in [0, 0.1) is 10.1 Å². The van der Waals surface area contributed by atoms with E-state index >= 15 is 0 Å². The molecule has 0 amide bonds. The molecule has 0 bridgehead atoms. The Morgan fingerprint density at radius 2 is 2.16 bits per heavy atom. The summed E-state index contributed by atoms with van der Waals surface area (Å²) in [5.74, 6) is 0. The minimum absolute atomic E-state index is 0.102. The van der Waals surface area contributed by atoms with Crippen LogP contribution in [0.25, 0.3) is 22.4 Å². The van der Waals surface area contributed by atoms with Crippen LogP contribution in [0.4, 0.5) is 5.69 Å². The smallest absolute Gasteiger partial charge is 0.258 e. The van der Waals surface area contributed by atoms with Crippen LogP contribution in [0.15, 0.2) is 35.7 Å². The van der Waals surface area contributed by atoms with Crippen molar-refractivity contribution in [2.45, 2.75) is 0 Å². The number of hydrogen-bond acceptors (Lipinski definition) is 5. The van der Waals surface area contributed by atoms with Gasteiger partial charge in [0.1, 0.15) is 5.01 Å². The zero-order chi connectivity index (χ0) is 13.2. The molecule has 3 rings (SSSR count). The molecule has 4 nitrogen and oxygen atoms in total. The largest absolute Gasteiger partial charge is 0.270 e. The SMILES string of the molecule is O=[N+]([O-])c1ccc2nc(/C=C/c3cccs3)sc2c1. The highest BCUT2D eigenvalue weighted by Crippen LogP contribution is 2.27. The fourth-order valence-electron chi connectivity index (χ4n) is 1.66. The Morgan fingerprint density at radius 1 is 1.26 bits per heavy atom. The van der Waals surface area contributed by atoms with Crippen molar-refractivity contribution in [1.82, 2.24) is 4.98 Å². The highest BCUT2D eigenvalue weighted by molar-refractivity contribution is 7.19. The Morgan fingerprint density at radius 3 is 2.89 bits per heavy atom. The highest BCUT2D eigenvalue weighted by atomic mass is 32.1. The number of rotatable bonds is 3. The molecular weight excluding hydrogens is 280 g/mol. The fraction of sp³-hybridized carbons (Fsp3) is 0. The van der Waals surface area contributed by atoms with Crippen LogP contribution in [0.3, 0.4) is 0 Å². The maximum atomic E-state index is 10.7. The number of thiophene rings is 1. The Bertz CT molecular complexity index is 760. The summed E-state index contributed by atoms with van der Waals surface area (Å²) in [6.07, 6.45) is 3.93. The normalized spacial score (nSPS) is 11.4. The first-order chi connectivity index (χ1) is 9.22. The third-order valence-electron chi connectivity index (χ3n) is 2.53. The Hall–Kier alpha value is -2.05. The molecule has 6 heteroatoms. The van der Waals surface area contributed by atoms with E-state index in [4.69, 9.17) is 0 Å².